The number of carbonyl (C=O) groups excluding carboxylic acids is 3. The minimum Gasteiger partial charge on any atom is -0.394 e. The predicted octanol–water partition coefficient (Wildman–Crippen LogP) is 0.467. The highest BCUT2D eigenvalue weighted by molar-refractivity contribution is 7.13. The number of hydrogen-bond donors (Lipinski definition) is 3. The van der Waals surface area contributed by atoms with Crippen molar-refractivity contribution >= 4 is 28.9 Å². The molecule has 0 aromatic carbocycles. The molecule has 1 fully saturated rings. The molecule has 114 valence electrons. The summed E-state index contributed by atoms with van der Waals surface area (Å²) in [7, 11) is 0. The Hall–Kier alpha value is -1.73. The number of rotatable bonds is 6. The minimum absolute atomic E-state index is 0.0939. The minimum atomic E-state index is -1.10. The smallest absolute Gasteiger partial charge is 0.293 e. The lowest BCUT2D eigenvalue weighted by atomic mass is 10.2. The highest BCUT2D eigenvalue weighted by atomic mass is 32.1. The molecule has 3 N–H and O–H groups in total. The molecule has 1 aliphatic carbocycles. The van der Waals surface area contributed by atoms with Gasteiger partial charge in [-0.2, -0.15) is 0 Å². The molecule has 1 aromatic rings. The molecule has 0 radical (unpaired) electrons. The van der Waals surface area contributed by atoms with Crippen molar-refractivity contribution < 1.29 is 19.5 Å². The van der Waals surface area contributed by atoms with Gasteiger partial charge in [0.05, 0.1) is 11.5 Å². The van der Waals surface area contributed by atoms with Crippen molar-refractivity contribution in [3.05, 3.63) is 22.4 Å². The van der Waals surface area contributed by atoms with Crippen LogP contribution in [0.25, 0.3) is 0 Å². The van der Waals surface area contributed by atoms with Crippen LogP contribution in [0.4, 0.5) is 0 Å². The molecule has 1 aromatic heterocycles. The first-order chi connectivity index (χ1) is 10.1. The largest absolute Gasteiger partial charge is 0.394 e. The Labute approximate surface area is 126 Å². The summed E-state index contributed by atoms with van der Waals surface area (Å²) in [5.41, 5.74) is 0. The Balaban J connectivity index is 1.90. The first-order valence-electron chi connectivity index (χ1n) is 6.91. The molecule has 0 bridgehead atoms. The molecule has 1 saturated carbocycles. The van der Waals surface area contributed by atoms with E-state index in [1.54, 1.807) is 17.5 Å². The Kier molecular flexibility index (Phi) is 5.46. The molecule has 2 amide bonds. The third kappa shape index (κ3) is 4.12. The number of hydrogen-bond acceptors (Lipinski definition) is 5. The first kappa shape index (κ1) is 15.7. The maximum atomic E-state index is 12.0. The van der Waals surface area contributed by atoms with Crippen LogP contribution in [0.5, 0.6) is 0 Å². The summed E-state index contributed by atoms with van der Waals surface area (Å²) >= 11 is 1.16. The van der Waals surface area contributed by atoms with E-state index in [-0.39, 0.29) is 6.04 Å². The highest BCUT2D eigenvalue weighted by Crippen LogP contribution is 2.17. The first-order valence-corrected chi connectivity index (χ1v) is 7.79. The summed E-state index contributed by atoms with van der Waals surface area (Å²) in [4.78, 5) is 35.9. The maximum absolute atomic E-state index is 12.0. The zero-order valence-electron chi connectivity index (χ0n) is 11.5. The molecule has 2 rings (SSSR count). The molecule has 1 atom stereocenters. The second-order valence-corrected chi connectivity index (χ2v) is 5.95. The molecule has 1 aliphatic rings. The van der Waals surface area contributed by atoms with Crippen LogP contribution in [0, 0.1) is 0 Å². The van der Waals surface area contributed by atoms with Gasteiger partial charge in [0.25, 0.3) is 11.7 Å². The second-order valence-electron chi connectivity index (χ2n) is 5.01. The van der Waals surface area contributed by atoms with E-state index in [0.717, 1.165) is 37.0 Å². The zero-order valence-corrected chi connectivity index (χ0v) is 12.3. The van der Waals surface area contributed by atoms with Gasteiger partial charge < -0.3 is 15.7 Å². The summed E-state index contributed by atoms with van der Waals surface area (Å²) in [6.45, 7) is -0.540. The Morgan fingerprint density at radius 2 is 2.05 bits per heavy atom. The molecule has 7 heteroatoms. The monoisotopic (exact) mass is 310 g/mol. The standard InChI is InChI=1S/C14H18N2O4S/c17-8-10(13(19)15-9-4-1-2-5-9)16-14(20)12(18)11-6-3-7-21-11/h3,6-7,9-10,17H,1-2,4-5,8H2,(H,15,19)(H,16,20)/t10-/m0/s1. The van der Waals surface area contributed by atoms with Crippen molar-refractivity contribution in [2.45, 2.75) is 37.8 Å². The Morgan fingerprint density at radius 1 is 1.33 bits per heavy atom. The molecule has 1 heterocycles. The number of aliphatic hydroxyl groups is 1. The third-order valence-electron chi connectivity index (χ3n) is 3.46. The molecule has 0 saturated heterocycles. The van der Waals surface area contributed by atoms with E-state index in [1.165, 1.54) is 0 Å². The second kappa shape index (κ2) is 7.33. The van der Waals surface area contributed by atoms with Crippen molar-refractivity contribution in [3.63, 3.8) is 0 Å². The fourth-order valence-corrected chi connectivity index (χ4v) is 2.97. The van der Waals surface area contributed by atoms with E-state index < -0.39 is 30.2 Å². The van der Waals surface area contributed by atoms with E-state index in [2.05, 4.69) is 10.6 Å². The van der Waals surface area contributed by atoms with Crippen molar-refractivity contribution in [1.82, 2.24) is 10.6 Å². The number of Topliss-reactive ketones (excluding diaryl/α,β-unsaturated/α-hetero) is 1. The molecule has 0 spiro atoms. The van der Waals surface area contributed by atoms with Crippen molar-refractivity contribution in [1.29, 1.82) is 0 Å². The number of amides is 2. The lowest BCUT2D eigenvalue weighted by molar-refractivity contribution is -0.128. The molecule has 0 aliphatic heterocycles. The lowest BCUT2D eigenvalue weighted by Gasteiger charge is -2.18. The van der Waals surface area contributed by atoms with Crippen molar-refractivity contribution in [3.8, 4) is 0 Å². The van der Waals surface area contributed by atoms with Crippen LogP contribution in [0.3, 0.4) is 0 Å². The summed E-state index contributed by atoms with van der Waals surface area (Å²) in [6.07, 6.45) is 3.95. The van der Waals surface area contributed by atoms with Crippen LogP contribution in [-0.4, -0.2) is 41.4 Å². The van der Waals surface area contributed by atoms with Gasteiger partial charge in [0.2, 0.25) is 5.91 Å². The average molecular weight is 310 g/mol. The number of thiophene rings is 1. The van der Waals surface area contributed by atoms with Gasteiger partial charge in [-0.1, -0.05) is 18.9 Å². The quantitative estimate of drug-likeness (QED) is 0.525. The molecular formula is C14H18N2O4S. The van der Waals surface area contributed by atoms with Crippen LogP contribution in [-0.2, 0) is 9.59 Å². The van der Waals surface area contributed by atoms with Gasteiger partial charge in [-0.15, -0.1) is 11.3 Å². The van der Waals surface area contributed by atoms with Gasteiger partial charge in [0.15, 0.2) is 0 Å². The van der Waals surface area contributed by atoms with E-state index in [4.69, 9.17) is 0 Å². The van der Waals surface area contributed by atoms with Crippen LogP contribution in [0.15, 0.2) is 17.5 Å². The summed E-state index contributed by atoms with van der Waals surface area (Å²) < 4.78 is 0. The predicted molar refractivity (Wildman–Crippen MR) is 78.1 cm³/mol. The van der Waals surface area contributed by atoms with Crippen LogP contribution in [0.2, 0.25) is 0 Å². The third-order valence-corrected chi connectivity index (χ3v) is 4.33. The van der Waals surface area contributed by atoms with Gasteiger partial charge in [0, 0.05) is 6.04 Å². The lowest BCUT2D eigenvalue weighted by Crippen LogP contribution is -2.52. The van der Waals surface area contributed by atoms with E-state index in [9.17, 15) is 19.5 Å². The average Bonchev–Trinajstić information content (AvgIpc) is 3.16. The molecular weight excluding hydrogens is 292 g/mol. The van der Waals surface area contributed by atoms with Gasteiger partial charge in [-0.25, -0.2) is 0 Å². The Bertz CT molecular complexity index is 509. The topological polar surface area (TPSA) is 95.5 Å². The van der Waals surface area contributed by atoms with Gasteiger partial charge in [-0.3, -0.25) is 14.4 Å². The Morgan fingerprint density at radius 3 is 2.62 bits per heavy atom. The summed E-state index contributed by atoms with van der Waals surface area (Å²) in [5, 5.41) is 16.0. The fraction of sp³-hybridized carbons (Fsp3) is 0.500. The molecule has 21 heavy (non-hydrogen) atoms. The summed E-state index contributed by atoms with van der Waals surface area (Å²) in [5.74, 6) is -2.02. The van der Waals surface area contributed by atoms with Crippen LogP contribution >= 0.6 is 11.3 Å². The maximum Gasteiger partial charge on any atom is 0.293 e. The van der Waals surface area contributed by atoms with E-state index >= 15 is 0 Å². The van der Waals surface area contributed by atoms with Crippen molar-refractivity contribution in [2.75, 3.05) is 6.61 Å². The van der Waals surface area contributed by atoms with E-state index in [1.807, 2.05) is 0 Å². The van der Waals surface area contributed by atoms with Crippen LogP contribution < -0.4 is 10.6 Å². The number of carbonyl (C=O) groups is 3. The van der Waals surface area contributed by atoms with Crippen LogP contribution in [0.1, 0.15) is 35.4 Å². The summed E-state index contributed by atoms with van der Waals surface area (Å²) in [6, 6.07) is 2.21. The SMILES string of the molecule is O=C(N[C@@H](CO)C(=O)NC1CCCC1)C(=O)c1cccs1. The fourth-order valence-electron chi connectivity index (χ4n) is 2.31. The number of nitrogens with one attached hydrogen (secondary N) is 2. The molecule has 6 nitrogen and oxygen atoms in total. The van der Waals surface area contributed by atoms with E-state index in [0.29, 0.717) is 4.88 Å². The normalized spacial score (nSPS) is 16.4. The van der Waals surface area contributed by atoms with Gasteiger partial charge in [0.1, 0.15) is 6.04 Å². The number of ketones is 1. The van der Waals surface area contributed by atoms with Gasteiger partial charge >= 0.3 is 0 Å². The van der Waals surface area contributed by atoms with Crippen molar-refractivity contribution in [2.24, 2.45) is 0 Å². The van der Waals surface area contributed by atoms with Gasteiger partial charge in [-0.05, 0) is 24.3 Å². The highest BCUT2D eigenvalue weighted by Gasteiger charge is 2.27. The zero-order chi connectivity index (χ0) is 15.2. The number of aliphatic hydroxyl groups excluding tert-OH is 1. The molecule has 0 unspecified atom stereocenters.